The Labute approximate surface area is 84.6 Å². The summed E-state index contributed by atoms with van der Waals surface area (Å²) in [4.78, 5) is 7.60. The molecule has 0 atom stereocenters. The number of halogens is 2. The zero-order chi connectivity index (χ0) is 10.8. The molecule has 0 bridgehead atoms. The van der Waals surface area contributed by atoms with E-state index in [0.717, 1.165) is 12.1 Å². The van der Waals surface area contributed by atoms with Gasteiger partial charge in [-0.2, -0.15) is 0 Å². The van der Waals surface area contributed by atoms with Crippen LogP contribution in [0.25, 0.3) is 11.3 Å². The van der Waals surface area contributed by atoms with Crippen molar-refractivity contribution in [3.63, 3.8) is 0 Å². The molecule has 0 spiro atoms. The van der Waals surface area contributed by atoms with Gasteiger partial charge in [0.15, 0.2) is 11.6 Å². The maximum Gasteiger partial charge on any atom is 0.159 e. The number of rotatable bonds is 1. The van der Waals surface area contributed by atoms with Gasteiger partial charge in [-0.3, -0.25) is 0 Å². The van der Waals surface area contributed by atoms with Crippen molar-refractivity contribution in [3.8, 4) is 11.3 Å². The van der Waals surface area contributed by atoms with Gasteiger partial charge in [0.25, 0.3) is 0 Å². The fraction of sp³-hybridized carbons (Fsp3) is 0. The fourth-order valence-electron chi connectivity index (χ4n) is 1.19. The molecule has 1 aromatic carbocycles. The lowest BCUT2D eigenvalue weighted by Gasteiger charge is -2.01. The van der Waals surface area contributed by atoms with Gasteiger partial charge in [-0.05, 0) is 18.2 Å². The zero-order valence-electron chi connectivity index (χ0n) is 7.61. The van der Waals surface area contributed by atoms with Crippen LogP contribution in [0.3, 0.4) is 0 Å². The molecule has 0 fully saturated rings. The number of nitrogen functional groups attached to an aromatic ring is 1. The monoisotopic (exact) mass is 207 g/mol. The van der Waals surface area contributed by atoms with Crippen molar-refractivity contribution in [1.82, 2.24) is 9.97 Å². The molecule has 0 amide bonds. The predicted octanol–water partition coefficient (Wildman–Crippen LogP) is 2.00. The second-order valence-electron chi connectivity index (χ2n) is 2.96. The van der Waals surface area contributed by atoms with E-state index in [9.17, 15) is 8.78 Å². The highest BCUT2D eigenvalue weighted by molar-refractivity contribution is 5.61. The summed E-state index contributed by atoms with van der Waals surface area (Å²) in [6, 6.07) is 5.03. The van der Waals surface area contributed by atoms with Crippen molar-refractivity contribution in [3.05, 3.63) is 42.2 Å². The highest BCUT2D eigenvalue weighted by atomic mass is 19.2. The van der Waals surface area contributed by atoms with Gasteiger partial charge in [0, 0.05) is 11.6 Å². The Morgan fingerprint density at radius 3 is 2.47 bits per heavy atom. The summed E-state index contributed by atoms with van der Waals surface area (Å²) in [7, 11) is 0. The SMILES string of the molecule is Nc1cc(-c2ccc(F)c(F)c2)ncn1. The van der Waals surface area contributed by atoms with Crippen LogP contribution in [-0.4, -0.2) is 9.97 Å². The normalized spacial score (nSPS) is 10.3. The van der Waals surface area contributed by atoms with E-state index in [-0.39, 0.29) is 5.82 Å². The van der Waals surface area contributed by atoms with Gasteiger partial charge >= 0.3 is 0 Å². The van der Waals surface area contributed by atoms with Crippen LogP contribution in [0.5, 0.6) is 0 Å². The number of aromatic nitrogens is 2. The molecule has 0 radical (unpaired) electrons. The van der Waals surface area contributed by atoms with Crippen molar-refractivity contribution in [2.75, 3.05) is 5.73 Å². The first-order valence-electron chi connectivity index (χ1n) is 4.20. The Bertz CT molecular complexity index is 500. The topological polar surface area (TPSA) is 51.8 Å². The maximum absolute atomic E-state index is 12.9. The summed E-state index contributed by atoms with van der Waals surface area (Å²) in [6.07, 6.45) is 1.27. The fourth-order valence-corrected chi connectivity index (χ4v) is 1.19. The predicted molar refractivity (Wildman–Crippen MR) is 51.8 cm³/mol. The van der Waals surface area contributed by atoms with E-state index in [1.807, 2.05) is 0 Å². The maximum atomic E-state index is 12.9. The van der Waals surface area contributed by atoms with Gasteiger partial charge in [0.05, 0.1) is 5.69 Å². The molecule has 5 heteroatoms. The van der Waals surface area contributed by atoms with Gasteiger partial charge in [-0.1, -0.05) is 0 Å². The molecule has 15 heavy (non-hydrogen) atoms. The second-order valence-corrected chi connectivity index (χ2v) is 2.96. The van der Waals surface area contributed by atoms with Crippen LogP contribution in [0, 0.1) is 11.6 Å². The van der Waals surface area contributed by atoms with Crippen molar-refractivity contribution in [2.45, 2.75) is 0 Å². The highest BCUT2D eigenvalue weighted by Gasteiger charge is 2.05. The quantitative estimate of drug-likeness (QED) is 0.778. The van der Waals surface area contributed by atoms with Crippen molar-refractivity contribution >= 4 is 5.82 Å². The average Bonchev–Trinajstić information content (AvgIpc) is 2.22. The molecule has 2 N–H and O–H groups in total. The van der Waals surface area contributed by atoms with Gasteiger partial charge in [0.2, 0.25) is 0 Å². The largest absolute Gasteiger partial charge is 0.384 e. The summed E-state index contributed by atoms with van der Waals surface area (Å²) in [6.45, 7) is 0. The lowest BCUT2D eigenvalue weighted by atomic mass is 10.1. The lowest BCUT2D eigenvalue weighted by molar-refractivity contribution is 0.509. The van der Waals surface area contributed by atoms with Crippen LogP contribution in [0.2, 0.25) is 0 Å². The molecule has 1 aromatic heterocycles. The molecule has 0 aliphatic rings. The zero-order valence-corrected chi connectivity index (χ0v) is 7.61. The van der Waals surface area contributed by atoms with Crippen molar-refractivity contribution in [2.24, 2.45) is 0 Å². The van der Waals surface area contributed by atoms with Crippen LogP contribution in [0.15, 0.2) is 30.6 Å². The summed E-state index contributed by atoms with van der Waals surface area (Å²) in [5.41, 5.74) is 6.37. The summed E-state index contributed by atoms with van der Waals surface area (Å²) in [5, 5.41) is 0. The minimum Gasteiger partial charge on any atom is -0.384 e. The van der Waals surface area contributed by atoms with E-state index in [1.54, 1.807) is 0 Å². The number of nitrogens with two attached hydrogens (primary N) is 1. The van der Waals surface area contributed by atoms with E-state index < -0.39 is 11.6 Å². The van der Waals surface area contributed by atoms with Gasteiger partial charge in [0.1, 0.15) is 12.1 Å². The van der Waals surface area contributed by atoms with Gasteiger partial charge < -0.3 is 5.73 Å². The number of nitrogens with zero attached hydrogens (tertiary/aromatic N) is 2. The van der Waals surface area contributed by atoms with Crippen LogP contribution >= 0.6 is 0 Å². The van der Waals surface area contributed by atoms with Crippen LogP contribution in [-0.2, 0) is 0 Å². The van der Waals surface area contributed by atoms with E-state index in [1.165, 1.54) is 18.5 Å². The molecule has 2 rings (SSSR count). The third kappa shape index (κ3) is 1.90. The first-order valence-corrected chi connectivity index (χ1v) is 4.20. The first-order chi connectivity index (χ1) is 7.16. The Kier molecular flexibility index (Phi) is 2.29. The first kappa shape index (κ1) is 9.51. The van der Waals surface area contributed by atoms with E-state index in [0.29, 0.717) is 11.3 Å². The van der Waals surface area contributed by atoms with E-state index >= 15 is 0 Å². The third-order valence-electron chi connectivity index (χ3n) is 1.90. The summed E-state index contributed by atoms with van der Waals surface area (Å²) >= 11 is 0. The Hall–Kier alpha value is -2.04. The molecule has 3 nitrogen and oxygen atoms in total. The van der Waals surface area contributed by atoms with Gasteiger partial charge in [-0.15, -0.1) is 0 Å². The molecular formula is C10H7F2N3. The standard InChI is InChI=1S/C10H7F2N3/c11-7-2-1-6(3-8(7)12)9-4-10(13)15-5-14-9/h1-5H,(H2,13,14,15). The lowest BCUT2D eigenvalue weighted by Crippen LogP contribution is -1.93. The molecular weight excluding hydrogens is 200 g/mol. The molecule has 0 saturated heterocycles. The van der Waals surface area contributed by atoms with E-state index in [2.05, 4.69) is 9.97 Å². The van der Waals surface area contributed by atoms with Crippen molar-refractivity contribution < 1.29 is 8.78 Å². The number of benzene rings is 1. The second kappa shape index (κ2) is 3.61. The highest BCUT2D eigenvalue weighted by Crippen LogP contribution is 2.19. The molecule has 1 heterocycles. The Morgan fingerprint density at radius 1 is 1.00 bits per heavy atom. The van der Waals surface area contributed by atoms with Crippen molar-refractivity contribution in [1.29, 1.82) is 0 Å². The number of hydrogen-bond donors (Lipinski definition) is 1. The average molecular weight is 207 g/mol. The summed E-state index contributed by atoms with van der Waals surface area (Å²) in [5.74, 6) is -1.52. The van der Waals surface area contributed by atoms with Crippen LogP contribution in [0.4, 0.5) is 14.6 Å². The minimum atomic E-state index is -0.912. The minimum absolute atomic E-state index is 0.282. The number of hydrogen-bond acceptors (Lipinski definition) is 3. The van der Waals surface area contributed by atoms with Gasteiger partial charge in [-0.25, -0.2) is 18.7 Å². The molecule has 76 valence electrons. The molecule has 2 aromatic rings. The summed E-state index contributed by atoms with van der Waals surface area (Å²) < 4.78 is 25.6. The molecule has 0 aliphatic heterocycles. The molecule has 0 saturated carbocycles. The Balaban J connectivity index is 2.50. The van der Waals surface area contributed by atoms with E-state index in [4.69, 9.17) is 5.73 Å². The van der Waals surface area contributed by atoms with Crippen LogP contribution < -0.4 is 5.73 Å². The molecule has 0 unspecified atom stereocenters. The Morgan fingerprint density at radius 2 is 1.80 bits per heavy atom. The molecule has 0 aliphatic carbocycles. The smallest absolute Gasteiger partial charge is 0.159 e. The number of anilines is 1. The third-order valence-corrected chi connectivity index (χ3v) is 1.90. The van der Waals surface area contributed by atoms with Crippen LogP contribution in [0.1, 0.15) is 0 Å².